The highest BCUT2D eigenvalue weighted by Gasteiger charge is 2.29. The molecule has 0 atom stereocenters. The van der Waals surface area contributed by atoms with Gasteiger partial charge in [0.25, 0.3) is 0 Å². The molecule has 0 amide bonds. The molecule has 0 spiro atoms. The van der Waals surface area contributed by atoms with Gasteiger partial charge in [0, 0.05) is 30.2 Å². The number of nitrogens with one attached hydrogen (secondary N) is 1. The summed E-state index contributed by atoms with van der Waals surface area (Å²) >= 11 is 0. The van der Waals surface area contributed by atoms with Crippen LogP contribution in [0.2, 0.25) is 0 Å². The van der Waals surface area contributed by atoms with E-state index in [4.69, 9.17) is 19.3 Å². The van der Waals surface area contributed by atoms with Crippen LogP contribution in [0.4, 0.5) is 15.9 Å². The molecule has 1 N–H and O–H groups in total. The lowest BCUT2D eigenvalue weighted by molar-refractivity contribution is -0.131. The first kappa shape index (κ1) is 22.5. The number of halogens is 1. The molecule has 0 radical (unpaired) electrons. The summed E-state index contributed by atoms with van der Waals surface area (Å²) in [5, 5.41) is 8.13. The Morgan fingerprint density at radius 1 is 1.06 bits per heavy atom. The summed E-state index contributed by atoms with van der Waals surface area (Å²) in [6, 6.07) is 17.6. The Balaban J connectivity index is 1.56. The minimum Gasteiger partial charge on any atom is -0.493 e. The number of ether oxygens (including phenoxy) is 3. The Kier molecular flexibility index (Phi) is 5.86. The summed E-state index contributed by atoms with van der Waals surface area (Å²) in [5.41, 5.74) is 5.68. The van der Waals surface area contributed by atoms with Crippen LogP contribution in [-0.4, -0.2) is 30.0 Å². The maximum Gasteiger partial charge on any atom is 0.308 e. The van der Waals surface area contributed by atoms with Crippen LogP contribution < -0.4 is 19.5 Å². The van der Waals surface area contributed by atoms with Crippen molar-refractivity contribution in [1.29, 1.82) is 0 Å². The van der Waals surface area contributed by atoms with Crippen molar-refractivity contribution in [3.63, 3.8) is 0 Å². The molecule has 8 heteroatoms. The van der Waals surface area contributed by atoms with Gasteiger partial charge in [0.05, 0.1) is 26.5 Å². The Labute approximate surface area is 202 Å². The van der Waals surface area contributed by atoms with Crippen molar-refractivity contribution in [1.82, 2.24) is 9.78 Å². The summed E-state index contributed by atoms with van der Waals surface area (Å²) in [7, 11) is 3.23. The van der Waals surface area contributed by atoms with Gasteiger partial charge >= 0.3 is 5.97 Å². The monoisotopic (exact) mass is 473 g/mol. The van der Waals surface area contributed by atoms with Crippen LogP contribution >= 0.6 is 0 Å². The van der Waals surface area contributed by atoms with E-state index < -0.39 is 0 Å². The number of fused-ring (bicyclic) bond motifs is 3. The molecule has 1 aliphatic rings. The number of hydrogen-bond donors (Lipinski definition) is 1. The highest BCUT2D eigenvalue weighted by molar-refractivity contribution is 5.82. The number of anilines is 2. The van der Waals surface area contributed by atoms with Gasteiger partial charge in [-0.3, -0.25) is 9.48 Å². The first-order valence-corrected chi connectivity index (χ1v) is 11.1. The molecular weight excluding hydrogens is 449 g/mol. The second-order valence-electron chi connectivity index (χ2n) is 8.25. The maximum absolute atomic E-state index is 13.8. The molecule has 1 aromatic heterocycles. The lowest BCUT2D eigenvalue weighted by Crippen LogP contribution is -2.06. The van der Waals surface area contributed by atoms with Crippen molar-refractivity contribution in [2.45, 2.75) is 19.9 Å². The highest BCUT2D eigenvalue weighted by atomic mass is 19.1. The molecule has 0 unspecified atom stereocenters. The molecular formula is C27H24FN3O4. The third-order valence-corrected chi connectivity index (χ3v) is 5.89. The number of benzene rings is 3. The Morgan fingerprint density at radius 3 is 2.49 bits per heavy atom. The number of nitrogens with zero attached hydrogens (tertiary/aromatic N) is 2. The van der Waals surface area contributed by atoms with Crippen LogP contribution in [0.5, 0.6) is 17.2 Å². The molecule has 0 saturated heterocycles. The van der Waals surface area contributed by atoms with Crippen LogP contribution in [0.15, 0.2) is 60.7 Å². The van der Waals surface area contributed by atoms with Gasteiger partial charge in [-0.05, 0) is 53.6 Å². The average molecular weight is 474 g/mol. The van der Waals surface area contributed by atoms with E-state index in [2.05, 4.69) is 5.32 Å². The molecule has 0 aliphatic heterocycles. The van der Waals surface area contributed by atoms with E-state index in [1.54, 1.807) is 38.5 Å². The number of rotatable bonds is 7. The zero-order chi connectivity index (χ0) is 24.5. The van der Waals surface area contributed by atoms with Crippen molar-refractivity contribution < 1.29 is 23.4 Å². The van der Waals surface area contributed by atoms with E-state index in [1.165, 1.54) is 19.1 Å². The first-order chi connectivity index (χ1) is 16.9. The number of aromatic nitrogens is 2. The summed E-state index contributed by atoms with van der Waals surface area (Å²) < 4.78 is 31.9. The molecule has 0 saturated carbocycles. The van der Waals surface area contributed by atoms with Crippen LogP contribution in [0.1, 0.15) is 23.6 Å². The summed E-state index contributed by atoms with van der Waals surface area (Å²) in [5.74, 6) is 1.76. The Hall–Kier alpha value is -4.33. The van der Waals surface area contributed by atoms with Crippen LogP contribution in [-0.2, 0) is 17.8 Å². The fraction of sp³-hybridized carbons (Fsp3) is 0.185. The van der Waals surface area contributed by atoms with Gasteiger partial charge in [-0.1, -0.05) is 18.2 Å². The van der Waals surface area contributed by atoms with E-state index >= 15 is 0 Å². The predicted molar refractivity (Wildman–Crippen MR) is 130 cm³/mol. The third kappa shape index (κ3) is 4.42. The van der Waals surface area contributed by atoms with Gasteiger partial charge in [0.2, 0.25) is 0 Å². The molecule has 5 rings (SSSR count). The Bertz CT molecular complexity index is 1410. The van der Waals surface area contributed by atoms with E-state index in [0.29, 0.717) is 41.7 Å². The maximum atomic E-state index is 13.8. The lowest BCUT2D eigenvalue weighted by atomic mass is 10.1. The second kappa shape index (κ2) is 9.13. The number of carbonyl (C=O) groups excluding carboxylic acids is 1. The van der Waals surface area contributed by atoms with Crippen molar-refractivity contribution in [2.75, 3.05) is 19.5 Å². The number of carbonyl (C=O) groups is 1. The molecule has 3 aromatic carbocycles. The molecule has 7 nitrogen and oxygen atoms in total. The summed E-state index contributed by atoms with van der Waals surface area (Å²) in [4.78, 5) is 11.2. The minimum absolute atomic E-state index is 0.322. The largest absolute Gasteiger partial charge is 0.493 e. The zero-order valence-corrected chi connectivity index (χ0v) is 19.6. The van der Waals surface area contributed by atoms with Gasteiger partial charge in [0.1, 0.15) is 11.6 Å². The molecule has 178 valence electrons. The van der Waals surface area contributed by atoms with E-state index in [9.17, 15) is 9.18 Å². The van der Waals surface area contributed by atoms with Crippen molar-refractivity contribution in [2.24, 2.45) is 0 Å². The number of esters is 1. The lowest BCUT2D eigenvalue weighted by Gasteiger charge is -2.12. The smallest absolute Gasteiger partial charge is 0.308 e. The zero-order valence-electron chi connectivity index (χ0n) is 19.6. The average Bonchev–Trinajstić information content (AvgIpc) is 3.36. The molecule has 1 aliphatic carbocycles. The van der Waals surface area contributed by atoms with Gasteiger partial charge in [0.15, 0.2) is 17.3 Å². The van der Waals surface area contributed by atoms with Crippen LogP contribution in [0.3, 0.4) is 0 Å². The quantitative estimate of drug-likeness (QED) is 0.255. The van der Waals surface area contributed by atoms with Gasteiger partial charge < -0.3 is 19.5 Å². The van der Waals surface area contributed by atoms with Crippen LogP contribution in [0, 0.1) is 5.82 Å². The predicted octanol–water partition coefficient (Wildman–Crippen LogP) is 5.33. The second-order valence-corrected chi connectivity index (χ2v) is 8.25. The van der Waals surface area contributed by atoms with Crippen molar-refractivity contribution in [3.05, 3.63) is 83.2 Å². The van der Waals surface area contributed by atoms with Crippen molar-refractivity contribution >= 4 is 17.5 Å². The SMILES string of the molecule is COc1cc2c(cc1OC)-c1c(c(Nc3cccc(F)c3)nn1Cc1ccc(OC(C)=O)cc1)C2. The van der Waals surface area contributed by atoms with E-state index in [1.807, 2.05) is 28.9 Å². The minimum atomic E-state index is -0.364. The van der Waals surface area contributed by atoms with Crippen LogP contribution in [0.25, 0.3) is 11.3 Å². The van der Waals surface area contributed by atoms with E-state index in [-0.39, 0.29) is 11.8 Å². The normalized spacial score (nSPS) is 11.5. The van der Waals surface area contributed by atoms with Crippen molar-refractivity contribution in [3.8, 4) is 28.5 Å². The standard InChI is InChI=1S/C27H24FN3O4/c1-16(32)35-21-9-7-17(8-10-21)15-31-26-22-14-25(34-3)24(33-2)12-18(22)11-23(26)27(30-31)29-20-6-4-5-19(28)13-20/h4-10,12-14H,11,15H2,1-3H3,(H,29,30). The molecule has 4 aromatic rings. The highest BCUT2D eigenvalue weighted by Crippen LogP contribution is 2.45. The fourth-order valence-electron chi connectivity index (χ4n) is 4.37. The summed E-state index contributed by atoms with van der Waals surface area (Å²) in [6.07, 6.45) is 0.647. The number of hydrogen-bond acceptors (Lipinski definition) is 6. The first-order valence-electron chi connectivity index (χ1n) is 11.1. The molecule has 35 heavy (non-hydrogen) atoms. The molecule has 0 bridgehead atoms. The Morgan fingerprint density at radius 2 is 1.80 bits per heavy atom. The van der Waals surface area contributed by atoms with Gasteiger partial charge in [-0.2, -0.15) is 5.10 Å². The summed E-state index contributed by atoms with van der Waals surface area (Å²) in [6.45, 7) is 1.86. The van der Waals surface area contributed by atoms with Gasteiger partial charge in [-0.25, -0.2) is 4.39 Å². The topological polar surface area (TPSA) is 74.6 Å². The number of methoxy groups -OCH3 is 2. The third-order valence-electron chi connectivity index (χ3n) is 5.89. The van der Waals surface area contributed by atoms with Gasteiger partial charge in [-0.15, -0.1) is 0 Å². The molecule has 0 fully saturated rings. The van der Waals surface area contributed by atoms with E-state index in [0.717, 1.165) is 27.9 Å². The molecule has 1 heterocycles. The fourth-order valence-corrected chi connectivity index (χ4v) is 4.37.